The molecule has 3 aromatic rings. The van der Waals surface area contributed by atoms with Crippen LogP contribution in [0.1, 0.15) is 24.2 Å². The molecule has 28 heavy (non-hydrogen) atoms. The van der Waals surface area contributed by atoms with E-state index in [1.807, 2.05) is 43.3 Å². The summed E-state index contributed by atoms with van der Waals surface area (Å²) < 4.78 is 13.4. The van der Waals surface area contributed by atoms with E-state index < -0.39 is 0 Å². The normalized spacial score (nSPS) is 10.8. The highest BCUT2D eigenvalue weighted by atomic mass is 16.5. The van der Waals surface area contributed by atoms with Gasteiger partial charge in [0.05, 0.1) is 30.8 Å². The van der Waals surface area contributed by atoms with Crippen molar-refractivity contribution in [3.05, 3.63) is 53.9 Å². The number of imidazole rings is 1. The maximum Gasteiger partial charge on any atom is 0.161 e. The van der Waals surface area contributed by atoms with Gasteiger partial charge in [-0.15, -0.1) is 0 Å². The van der Waals surface area contributed by atoms with Gasteiger partial charge in [-0.25, -0.2) is 4.98 Å². The molecular formula is C22H26N4O2. The third-order valence-electron chi connectivity index (χ3n) is 4.61. The second-order valence-electron chi connectivity index (χ2n) is 6.57. The van der Waals surface area contributed by atoms with Crippen molar-refractivity contribution in [2.24, 2.45) is 0 Å². The highest BCUT2D eigenvalue weighted by Gasteiger charge is 2.08. The Bertz CT molecular complexity index is 959. The second kappa shape index (κ2) is 9.77. The van der Waals surface area contributed by atoms with Crippen molar-refractivity contribution in [1.29, 1.82) is 5.26 Å². The Morgan fingerprint density at radius 2 is 2.04 bits per heavy atom. The van der Waals surface area contributed by atoms with Gasteiger partial charge in [0.15, 0.2) is 11.5 Å². The van der Waals surface area contributed by atoms with E-state index in [1.165, 1.54) is 5.52 Å². The maximum atomic E-state index is 8.63. The van der Waals surface area contributed by atoms with Gasteiger partial charge in [-0.05, 0) is 43.2 Å². The summed E-state index contributed by atoms with van der Waals surface area (Å²) in [6.07, 6.45) is 1.20. The number of nitriles is 1. The molecule has 0 saturated carbocycles. The Balaban J connectivity index is 1.55. The highest BCUT2D eigenvalue weighted by Crippen LogP contribution is 2.28. The van der Waals surface area contributed by atoms with Gasteiger partial charge in [0.2, 0.25) is 0 Å². The Morgan fingerprint density at radius 3 is 2.86 bits per heavy atom. The second-order valence-corrected chi connectivity index (χ2v) is 6.57. The van der Waals surface area contributed by atoms with Gasteiger partial charge < -0.3 is 19.4 Å². The molecule has 3 rings (SSSR count). The Hall–Kier alpha value is -3.04. The number of nitrogens with zero attached hydrogens (tertiary/aromatic N) is 3. The van der Waals surface area contributed by atoms with E-state index in [4.69, 9.17) is 14.7 Å². The minimum atomic E-state index is 0.492. The number of methoxy groups -OCH3 is 1. The molecule has 0 amide bonds. The summed E-state index contributed by atoms with van der Waals surface area (Å²) in [6, 6.07) is 16.3. The monoisotopic (exact) mass is 378 g/mol. The van der Waals surface area contributed by atoms with Crippen LogP contribution in [-0.4, -0.2) is 29.8 Å². The molecule has 2 aromatic carbocycles. The van der Waals surface area contributed by atoms with Crippen molar-refractivity contribution in [1.82, 2.24) is 14.9 Å². The summed E-state index contributed by atoms with van der Waals surface area (Å²) >= 11 is 0. The predicted molar refractivity (Wildman–Crippen MR) is 110 cm³/mol. The highest BCUT2D eigenvalue weighted by molar-refractivity contribution is 5.75. The number of aromatic nitrogens is 2. The van der Waals surface area contributed by atoms with Crippen LogP contribution in [0.3, 0.4) is 0 Å². The number of hydrogen-bond acceptors (Lipinski definition) is 5. The van der Waals surface area contributed by atoms with Crippen LogP contribution in [0.15, 0.2) is 42.5 Å². The van der Waals surface area contributed by atoms with Crippen molar-refractivity contribution in [3.63, 3.8) is 0 Å². The lowest BCUT2D eigenvalue weighted by atomic mass is 10.2. The van der Waals surface area contributed by atoms with Crippen molar-refractivity contribution < 1.29 is 9.47 Å². The van der Waals surface area contributed by atoms with Gasteiger partial charge in [0, 0.05) is 26.1 Å². The Morgan fingerprint density at radius 1 is 1.18 bits per heavy atom. The van der Waals surface area contributed by atoms with Crippen LogP contribution in [0, 0.1) is 18.3 Å². The zero-order valence-corrected chi connectivity index (χ0v) is 16.4. The molecule has 0 spiro atoms. The molecule has 0 fully saturated rings. The fraction of sp³-hybridized carbons (Fsp3) is 0.364. The van der Waals surface area contributed by atoms with E-state index in [0.29, 0.717) is 25.2 Å². The van der Waals surface area contributed by atoms with E-state index in [0.717, 1.165) is 42.3 Å². The van der Waals surface area contributed by atoms with E-state index in [-0.39, 0.29) is 0 Å². The summed E-state index contributed by atoms with van der Waals surface area (Å²) in [7, 11) is 1.63. The minimum absolute atomic E-state index is 0.492. The average Bonchev–Trinajstić information content (AvgIpc) is 3.04. The number of nitrogens with one attached hydrogen (secondary N) is 1. The number of benzene rings is 2. The van der Waals surface area contributed by atoms with E-state index in [9.17, 15) is 0 Å². The molecule has 0 saturated heterocycles. The van der Waals surface area contributed by atoms with Gasteiger partial charge >= 0.3 is 0 Å². The first-order valence-corrected chi connectivity index (χ1v) is 9.52. The Kier molecular flexibility index (Phi) is 6.88. The first kappa shape index (κ1) is 19.7. The standard InChI is InChI=1S/C22H26N4O2/c1-17-25-19-7-3-4-8-20(19)26(17)13-12-24-16-18-9-10-21(27-2)22(15-18)28-14-6-5-11-23/h3-4,7-10,15,24H,5-6,12-14,16H2,1-2H3. The molecule has 6 heteroatoms. The summed E-state index contributed by atoms with van der Waals surface area (Å²) in [4.78, 5) is 4.61. The van der Waals surface area contributed by atoms with Crippen LogP contribution in [0.4, 0.5) is 0 Å². The molecule has 1 aromatic heterocycles. The molecule has 0 unspecified atom stereocenters. The SMILES string of the molecule is COc1ccc(CNCCn2c(C)nc3ccccc32)cc1OCCCC#N. The molecule has 0 atom stereocenters. The van der Waals surface area contributed by atoms with E-state index in [2.05, 4.69) is 27.0 Å². The summed E-state index contributed by atoms with van der Waals surface area (Å²) in [5.74, 6) is 2.46. The average molecular weight is 378 g/mol. The summed E-state index contributed by atoms with van der Waals surface area (Å²) in [5.41, 5.74) is 3.33. The van der Waals surface area contributed by atoms with Gasteiger partial charge in [-0.2, -0.15) is 5.26 Å². The zero-order valence-electron chi connectivity index (χ0n) is 16.4. The Labute approximate surface area is 165 Å². The van der Waals surface area contributed by atoms with Crippen LogP contribution in [0.2, 0.25) is 0 Å². The lowest BCUT2D eigenvalue weighted by Gasteiger charge is -2.13. The number of unbranched alkanes of at least 4 members (excludes halogenated alkanes) is 1. The first-order valence-electron chi connectivity index (χ1n) is 9.52. The van der Waals surface area contributed by atoms with Gasteiger partial charge in [-0.1, -0.05) is 18.2 Å². The van der Waals surface area contributed by atoms with Gasteiger partial charge in [0.1, 0.15) is 5.82 Å². The van der Waals surface area contributed by atoms with Crippen LogP contribution < -0.4 is 14.8 Å². The molecule has 0 aliphatic heterocycles. The molecular weight excluding hydrogens is 352 g/mol. The van der Waals surface area contributed by atoms with Crippen molar-refractivity contribution in [2.45, 2.75) is 32.9 Å². The smallest absolute Gasteiger partial charge is 0.161 e. The zero-order chi connectivity index (χ0) is 19.8. The lowest BCUT2D eigenvalue weighted by Crippen LogP contribution is -2.20. The number of aryl methyl sites for hydroxylation is 1. The fourth-order valence-corrected chi connectivity index (χ4v) is 3.18. The predicted octanol–water partition coefficient (Wildman–Crippen LogP) is 3.83. The topological polar surface area (TPSA) is 72.1 Å². The molecule has 0 aliphatic rings. The van der Waals surface area contributed by atoms with Crippen molar-refractivity contribution in [3.8, 4) is 17.6 Å². The minimum Gasteiger partial charge on any atom is -0.493 e. The lowest BCUT2D eigenvalue weighted by molar-refractivity contribution is 0.290. The first-order chi connectivity index (χ1) is 13.7. The molecule has 146 valence electrons. The van der Waals surface area contributed by atoms with E-state index >= 15 is 0 Å². The quantitative estimate of drug-likeness (QED) is 0.543. The number of hydrogen-bond donors (Lipinski definition) is 1. The van der Waals surface area contributed by atoms with Gasteiger partial charge in [0.25, 0.3) is 0 Å². The number of ether oxygens (including phenoxy) is 2. The van der Waals surface area contributed by atoms with Crippen LogP contribution >= 0.6 is 0 Å². The number of rotatable bonds is 10. The molecule has 0 bridgehead atoms. The fourth-order valence-electron chi connectivity index (χ4n) is 3.18. The molecule has 0 radical (unpaired) electrons. The summed E-state index contributed by atoms with van der Waals surface area (Å²) in [5, 5.41) is 12.1. The van der Waals surface area contributed by atoms with Crippen LogP contribution in [0.25, 0.3) is 11.0 Å². The summed E-state index contributed by atoms with van der Waals surface area (Å²) in [6.45, 7) is 4.99. The van der Waals surface area contributed by atoms with Crippen molar-refractivity contribution >= 4 is 11.0 Å². The van der Waals surface area contributed by atoms with Crippen LogP contribution in [-0.2, 0) is 13.1 Å². The number of fused-ring (bicyclic) bond motifs is 1. The third kappa shape index (κ3) is 4.81. The van der Waals surface area contributed by atoms with Gasteiger partial charge in [-0.3, -0.25) is 0 Å². The molecule has 6 nitrogen and oxygen atoms in total. The molecule has 1 N–H and O–H groups in total. The third-order valence-corrected chi connectivity index (χ3v) is 4.61. The largest absolute Gasteiger partial charge is 0.493 e. The van der Waals surface area contributed by atoms with Crippen molar-refractivity contribution in [2.75, 3.05) is 20.3 Å². The van der Waals surface area contributed by atoms with Crippen LogP contribution in [0.5, 0.6) is 11.5 Å². The van der Waals surface area contributed by atoms with E-state index in [1.54, 1.807) is 7.11 Å². The molecule has 1 heterocycles. The molecule has 0 aliphatic carbocycles. The number of para-hydroxylation sites is 2. The maximum absolute atomic E-state index is 8.63.